The highest BCUT2D eigenvalue weighted by Crippen LogP contribution is 2.51. The molecule has 29 heavy (non-hydrogen) atoms. The predicted molar refractivity (Wildman–Crippen MR) is 79.1 cm³/mol. The Balaban J connectivity index is 3.36. The Morgan fingerprint density at radius 2 is 1.21 bits per heavy atom. The van der Waals surface area contributed by atoms with Crippen LogP contribution in [0.4, 0.5) is 39.5 Å². The normalized spacial score (nSPS) is 20.6. The number of rotatable bonds is 7. The topological polar surface area (TPSA) is 104 Å². The van der Waals surface area contributed by atoms with Crippen LogP contribution >= 0.6 is 0 Å². The lowest BCUT2D eigenvalue weighted by molar-refractivity contribution is -0.245. The Morgan fingerprint density at radius 3 is 1.59 bits per heavy atom. The highest BCUT2D eigenvalue weighted by Gasteiger charge is 2.83. The van der Waals surface area contributed by atoms with Gasteiger partial charge in [-0.15, -0.1) is 4.13 Å². The number of likely N-dealkylation sites (N-methyl/N-ethyl adjacent to an activating group) is 1. The number of nitrogens with one attached hydrogen (secondary N) is 1. The van der Waals surface area contributed by atoms with Crippen LogP contribution in [0.1, 0.15) is 0 Å². The molecule has 0 aromatic carbocycles. The molecule has 0 saturated carbocycles. The van der Waals surface area contributed by atoms with Gasteiger partial charge in [-0.25, -0.2) is 21.0 Å². The summed E-state index contributed by atoms with van der Waals surface area (Å²) in [6, 6.07) is 0. The van der Waals surface area contributed by atoms with E-state index in [1.807, 2.05) is 0 Å². The first-order chi connectivity index (χ1) is 12.6. The number of piperazine rings is 1. The number of nitrogens with zero attached hydrogens (tertiary/aromatic N) is 2. The molecule has 0 aromatic rings. The fourth-order valence-electron chi connectivity index (χ4n) is 1.89. The zero-order valence-corrected chi connectivity index (χ0v) is 16.3. The smallest absolute Gasteiger partial charge is 0.304 e. The van der Waals surface area contributed by atoms with Crippen molar-refractivity contribution in [1.29, 1.82) is 0 Å². The fraction of sp³-hybridized carbons (Fsp3) is 1.00. The van der Waals surface area contributed by atoms with E-state index >= 15 is 0 Å². The van der Waals surface area contributed by atoms with E-state index in [-0.39, 0.29) is 17.4 Å². The van der Waals surface area contributed by atoms with E-state index in [2.05, 4.69) is 0 Å². The third kappa shape index (κ3) is 4.50. The van der Waals surface area contributed by atoms with Crippen molar-refractivity contribution in [2.24, 2.45) is 0 Å². The molecule has 0 aromatic heterocycles. The average molecular weight is 509 g/mol. The Kier molecular flexibility index (Phi) is 7.06. The molecule has 1 N–H and O–H groups in total. The lowest BCUT2D eigenvalue weighted by atomic mass is 10.3. The van der Waals surface area contributed by atoms with Crippen molar-refractivity contribution < 1.29 is 60.6 Å². The standard InChI is InChI=1S/C9H12F9N3O5S3/c1-20-2-4-21(5-3-20)29(25,26)8(14,15)6(10,11)7(12,13)28(23,24)19-27(22)9(16,17)18/h19H,2-5H2,1H3. The van der Waals surface area contributed by atoms with E-state index in [9.17, 15) is 60.6 Å². The van der Waals surface area contributed by atoms with Crippen molar-refractivity contribution in [2.45, 2.75) is 21.9 Å². The van der Waals surface area contributed by atoms with Crippen LogP contribution in [-0.2, 0) is 31.0 Å². The Morgan fingerprint density at radius 1 is 0.793 bits per heavy atom. The highest BCUT2D eigenvalue weighted by atomic mass is 32.3. The zero-order chi connectivity index (χ0) is 23.3. The van der Waals surface area contributed by atoms with Crippen molar-refractivity contribution in [3.8, 4) is 0 Å². The molecule has 0 amide bonds. The van der Waals surface area contributed by atoms with E-state index < -0.39 is 70.2 Å². The third-order valence-electron chi connectivity index (χ3n) is 3.59. The summed E-state index contributed by atoms with van der Waals surface area (Å²) in [5.74, 6) is -7.25. The summed E-state index contributed by atoms with van der Waals surface area (Å²) in [5, 5.41) is -13.9. The first-order valence-electron chi connectivity index (χ1n) is 6.95. The van der Waals surface area contributed by atoms with Crippen molar-refractivity contribution in [3.63, 3.8) is 0 Å². The average Bonchev–Trinajstić information content (AvgIpc) is 2.53. The van der Waals surface area contributed by atoms with Gasteiger partial charge in [-0.2, -0.15) is 43.8 Å². The van der Waals surface area contributed by atoms with E-state index in [1.54, 1.807) is 0 Å². The molecular weight excluding hydrogens is 497 g/mol. The summed E-state index contributed by atoms with van der Waals surface area (Å²) in [6.07, 6.45) is 0. The molecule has 1 aliphatic rings. The zero-order valence-electron chi connectivity index (χ0n) is 13.9. The molecule has 0 radical (unpaired) electrons. The Bertz CT molecular complexity index is 850. The second kappa shape index (κ2) is 7.77. The summed E-state index contributed by atoms with van der Waals surface area (Å²) in [7, 11) is -17.5. The Hall–Kier alpha value is -0.700. The molecule has 0 aliphatic carbocycles. The summed E-state index contributed by atoms with van der Waals surface area (Å²) < 4.78 is 175. The van der Waals surface area contributed by atoms with Crippen LogP contribution in [0, 0.1) is 0 Å². The summed E-state index contributed by atoms with van der Waals surface area (Å²) in [4.78, 5) is 1.37. The van der Waals surface area contributed by atoms with Crippen molar-refractivity contribution in [1.82, 2.24) is 13.3 Å². The maximum absolute atomic E-state index is 14.0. The molecule has 1 rings (SSSR count). The van der Waals surface area contributed by atoms with Gasteiger partial charge in [0.05, 0.1) is 0 Å². The lowest BCUT2D eigenvalue weighted by Gasteiger charge is -2.37. The first-order valence-corrected chi connectivity index (χ1v) is 11.0. The molecule has 1 heterocycles. The van der Waals surface area contributed by atoms with Crippen molar-refractivity contribution in [3.05, 3.63) is 0 Å². The highest BCUT2D eigenvalue weighted by molar-refractivity contribution is 8.02. The SMILES string of the molecule is CN1CCN(S(=O)(=O)C(F)(F)C(F)(F)C(F)(F)S(=O)(=O)NS(=O)C(F)(F)F)CC1. The third-order valence-corrected chi connectivity index (χ3v) is 8.37. The number of sulfonamides is 2. The van der Waals surface area contributed by atoms with Gasteiger partial charge in [-0.1, -0.05) is 0 Å². The molecule has 1 aliphatic heterocycles. The fourth-order valence-corrected chi connectivity index (χ4v) is 5.43. The molecule has 1 fully saturated rings. The largest absolute Gasteiger partial charge is 0.486 e. The van der Waals surface area contributed by atoms with Crippen LogP contribution in [0.5, 0.6) is 0 Å². The van der Waals surface area contributed by atoms with Gasteiger partial charge in [0.2, 0.25) is 11.0 Å². The maximum atomic E-state index is 14.0. The monoisotopic (exact) mass is 509 g/mol. The van der Waals surface area contributed by atoms with E-state index in [0.717, 1.165) is 0 Å². The molecule has 174 valence electrons. The van der Waals surface area contributed by atoms with Gasteiger partial charge in [0.25, 0.3) is 20.0 Å². The van der Waals surface area contributed by atoms with Gasteiger partial charge >= 0.3 is 21.9 Å². The van der Waals surface area contributed by atoms with Crippen LogP contribution in [0.25, 0.3) is 0 Å². The van der Waals surface area contributed by atoms with Gasteiger partial charge in [0, 0.05) is 26.2 Å². The number of alkyl halides is 9. The molecule has 0 bridgehead atoms. The Labute approximate surface area is 160 Å². The predicted octanol–water partition coefficient (Wildman–Crippen LogP) is 0.487. The van der Waals surface area contributed by atoms with Crippen molar-refractivity contribution in [2.75, 3.05) is 33.2 Å². The molecular formula is C9H12F9N3O5S3. The van der Waals surface area contributed by atoms with Gasteiger partial charge in [0.1, 0.15) is 0 Å². The van der Waals surface area contributed by atoms with Gasteiger partial charge < -0.3 is 4.90 Å². The molecule has 0 spiro atoms. The molecule has 1 unspecified atom stereocenters. The summed E-state index contributed by atoms with van der Waals surface area (Å²) in [5.41, 5.74) is -6.05. The van der Waals surface area contributed by atoms with Crippen LogP contribution in [0.3, 0.4) is 0 Å². The number of hydrogen-bond donors (Lipinski definition) is 1. The van der Waals surface area contributed by atoms with Crippen LogP contribution in [-0.4, -0.2) is 85.4 Å². The van der Waals surface area contributed by atoms with Crippen molar-refractivity contribution >= 4 is 31.0 Å². The van der Waals surface area contributed by atoms with Gasteiger partial charge in [-0.3, -0.25) is 0 Å². The number of hydrogen-bond acceptors (Lipinski definition) is 6. The molecule has 1 saturated heterocycles. The van der Waals surface area contributed by atoms with E-state index in [1.165, 1.54) is 11.9 Å². The van der Waals surface area contributed by atoms with Gasteiger partial charge in [0.15, 0.2) is 0 Å². The van der Waals surface area contributed by atoms with E-state index in [0.29, 0.717) is 0 Å². The summed E-state index contributed by atoms with van der Waals surface area (Å²) >= 11 is 0. The minimum absolute atomic E-state index is 0.262. The van der Waals surface area contributed by atoms with Crippen LogP contribution < -0.4 is 4.13 Å². The lowest BCUT2D eigenvalue weighted by Crippen LogP contribution is -2.66. The quantitative estimate of drug-likeness (QED) is 0.501. The molecule has 1 atom stereocenters. The summed E-state index contributed by atoms with van der Waals surface area (Å²) in [6.45, 7) is -2.19. The second-order valence-electron chi connectivity index (χ2n) is 5.62. The number of halogens is 9. The second-order valence-corrected chi connectivity index (χ2v) is 10.8. The minimum Gasteiger partial charge on any atom is -0.304 e. The first kappa shape index (κ1) is 26.3. The molecule has 8 nitrogen and oxygen atoms in total. The van der Waals surface area contributed by atoms with E-state index in [4.69, 9.17) is 0 Å². The van der Waals surface area contributed by atoms with Gasteiger partial charge in [-0.05, 0) is 7.05 Å². The minimum atomic E-state index is -7.41. The van der Waals surface area contributed by atoms with Crippen LogP contribution in [0.2, 0.25) is 0 Å². The molecule has 20 heteroatoms. The maximum Gasteiger partial charge on any atom is 0.486 e. The van der Waals surface area contributed by atoms with Crippen LogP contribution in [0.15, 0.2) is 0 Å².